The van der Waals surface area contributed by atoms with Crippen molar-refractivity contribution in [2.24, 2.45) is 0 Å². The molecule has 6 nitrogen and oxygen atoms in total. The minimum Gasteiger partial charge on any atom is -0.454 e. The van der Waals surface area contributed by atoms with E-state index in [9.17, 15) is 18.8 Å². The molecule has 0 fully saturated rings. The van der Waals surface area contributed by atoms with Gasteiger partial charge in [0.15, 0.2) is 6.61 Å². The van der Waals surface area contributed by atoms with Crippen LogP contribution in [-0.2, 0) is 14.3 Å². The molecule has 0 unspecified atom stereocenters. The van der Waals surface area contributed by atoms with Crippen LogP contribution in [0.3, 0.4) is 0 Å². The highest BCUT2D eigenvalue weighted by molar-refractivity contribution is 6.30. The molecule has 0 spiro atoms. The van der Waals surface area contributed by atoms with Gasteiger partial charge in [-0.2, -0.15) is 0 Å². The first-order chi connectivity index (χ1) is 12.0. The van der Waals surface area contributed by atoms with Gasteiger partial charge in [0.25, 0.3) is 11.8 Å². The van der Waals surface area contributed by atoms with E-state index in [0.29, 0.717) is 5.56 Å². The fraction of sp³-hybridized carbons (Fsp3) is 0.118. The molecule has 0 aliphatic carbocycles. The Bertz CT molecular complexity index is 783. The fourth-order valence-electron chi connectivity index (χ4n) is 1.82. The van der Waals surface area contributed by atoms with E-state index < -0.39 is 36.8 Å². The Balaban J connectivity index is 1.74. The first kappa shape index (κ1) is 18.4. The van der Waals surface area contributed by atoms with Crippen LogP contribution in [-0.4, -0.2) is 30.9 Å². The van der Waals surface area contributed by atoms with Gasteiger partial charge >= 0.3 is 5.97 Å². The van der Waals surface area contributed by atoms with Gasteiger partial charge in [-0.15, -0.1) is 0 Å². The quantitative estimate of drug-likeness (QED) is 0.771. The molecule has 2 aromatic rings. The SMILES string of the molecule is O=C(COC(=O)CNC(=O)c1ccccc1)Nc1ccc(Cl)cc1F. The molecular weight excluding hydrogens is 351 g/mol. The number of esters is 1. The van der Waals surface area contributed by atoms with Gasteiger partial charge in [0, 0.05) is 10.6 Å². The minimum absolute atomic E-state index is 0.0807. The second-order valence-corrected chi connectivity index (χ2v) is 5.32. The Hall–Kier alpha value is -2.93. The number of benzene rings is 2. The van der Waals surface area contributed by atoms with Crippen molar-refractivity contribution < 1.29 is 23.5 Å². The van der Waals surface area contributed by atoms with Gasteiger partial charge in [0.1, 0.15) is 12.4 Å². The summed E-state index contributed by atoms with van der Waals surface area (Å²) in [7, 11) is 0. The fourth-order valence-corrected chi connectivity index (χ4v) is 1.98. The van der Waals surface area contributed by atoms with E-state index in [-0.39, 0.29) is 10.7 Å². The molecule has 0 radical (unpaired) electrons. The van der Waals surface area contributed by atoms with Crippen molar-refractivity contribution >= 4 is 35.1 Å². The van der Waals surface area contributed by atoms with Gasteiger partial charge in [0.2, 0.25) is 0 Å². The summed E-state index contributed by atoms with van der Waals surface area (Å²) in [4.78, 5) is 34.9. The van der Waals surface area contributed by atoms with Gasteiger partial charge in [-0.1, -0.05) is 29.8 Å². The Morgan fingerprint density at radius 1 is 1.08 bits per heavy atom. The predicted octanol–water partition coefficient (Wildman–Crippen LogP) is 2.39. The van der Waals surface area contributed by atoms with Crippen LogP contribution in [0.2, 0.25) is 5.02 Å². The number of anilines is 1. The zero-order valence-electron chi connectivity index (χ0n) is 12.9. The van der Waals surface area contributed by atoms with Crippen LogP contribution in [0.15, 0.2) is 48.5 Å². The maximum absolute atomic E-state index is 13.5. The molecule has 0 bridgehead atoms. The van der Waals surface area contributed by atoms with Crippen molar-refractivity contribution in [3.8, 4) is 0 Å². The van der Waals surface area contributed by atoms with Crippen LogP contribution in [0.25, 0.3) is 0 Å². The van der Waals surface area contributed by atoms with E-state index >= 15 is 0 Å². The summed E-state index contributed by atoms with van der Waals surface area (Å²) in [6.07, 6.45) is 0. The number of rotatable bonds is 6. The zero-order chi connectivity index (χ0) is 18.2. The molecule has 0 aliphatic rings. The normalized spacial score (nSPS) is 10.0. The van der Waals surface area contributed by atoms with Crippen molar-refractivity contribution in [3.63, 3.8) is 0 Å². The van der Waals surface area contributed by atoms with Crippen molar-refractivity contribution in [3.05, 3.63) is 64.9 Å². The smallest absolute Gasteiger partial charge is 0.325 e. The maximum atomic E-state index is 13.5. The number of halogens is 2. The summed E-state index contributed by atoms with van der Waals surface area (Å²) in [5.74, 6) is -2.66. The summed E-state index contributed by atoms with van der Waals surface area (Å²) < 4.78 is 18.2. The number of ether oxygens (including phenoxy) is 1. The average molecular weight is 365 g/mol. The second kappa shape index (κ2) is 8.79. The van der Waals surface area contributed by atoms with E-state index in [1.807, 2.05) is 0 Å². The van der Waals surface area contributed by atoms with Crippen molar-refractivity contribution in [1.82, 2.24) is 5.32 Å². The van der Waals surface area contributed by atoms with Gasteiger partial charge < -0.3 is 15.4 Å². The number of amides is 2. The largest absolute Gasteiger partial charge is 0.454 e. The molecule has 2 rings (SSSR count). The standard InChI is InChI=1S/C17H14ClFN2O4/c18-12-6-7-14(13(19)8-12)21-15(22)10-25-16(23)9-20-17(24)11-4-2-1-3-5-11/h1-8H,9-10H2,(H,20,24)(H,21,22). The number of hydrogen-bond acceptors (Lipinski definition) is 4. The van der Waals surface area contributed by atoms with Gasteiger partial charge in [-0.3, -0.25) is 14.4 Å². The molecular formula is C17H14ClFN2O4. The van der Waals surface area contributed by atoms with E-state index in [2.05, 4.69) is 10.6 Å². The van der Waals surface area contributed by atoms with Crippen LogP contribution in [0, 0.1) is 5.82 Å². The highest BCUT2D eigenvalue weighted by Gasteiger charge is 2.12. The van der Waals surface area contributed by atoms with Crippen molar-refractivity contribution in [2.45, 2.75) is 0 Å². The van der Waals surface area contributed by atoms with Crippen molar-refractivity contribution in [1.29, 1.82) is 0 Å². The van der Waals surface area contributed by atoms with Crippen LogP contribution < -0.4 is 10.6 Å². The van der Waals surface area contributed by atoms with Crippen LogP contribution >= 0.6 is 11.6 Å². The zero-order valence-corrected chi connectivity index (χ0v) is 13.7. The first-order valence-corrected chi connectivity index (χ1v) is 7.57. The lowest BCUT2D eigenvalue weighted by Gasteiger charge is -2.08. The highest BCUT2D eigenvalue weighted by Crippen LogP contribution is 2.18. The lowest BCUT2D eigenvalue weighted by molar-refractivity contribution is -0.146. The maximum Gasteiger partial charge on any atom is 0.325 e. The third-order valence-corrected chi connectivity index (χ3v) is 3.23. The molecule has 2 N–H and O–H groups in total. The molecule has 0 saturated carbocycles. The average Bonchev–Trinajstić information content (AvgIpc) is 2.61. The molecule has 2 aromatic carbocycles. The monoisotopic (exact) mass is 364 g/mol. The number of nitrogens with one attached hydrogen (secondary N) is 2. The molecule has 0 aliphatic heterocycles. The molecule has 0 saturated heterocycles. The van der Waals surface area contributed by atoms with E-state index in [1.54, 1.807) is 30.3 Å². The van der Waals surface area contributed by atoms with E-state index in [1.165, 1.54) is 12.1 Å². The van der Waals surface area contributed by atoms with Crippen molar-refractivity contribution in [2.75, 3.05) is 18.5 Å². The van der Waals surface area contributed by atoms with Gasteiger partial charge in [-0.05, 0) is 30.3 Å². The van der Waals surface area contributed by atoms with E-state index in [0.717, 1.165) is 6.07 Å². The third kappa shape index (κ3) is 5.89. The predicted molar refractivity (Wildman–Crippen MR) is 89.8 cm³/mol. The Labute approximate surface area is 147 Å². The highest BCUT2D eigenvalue weighted by atomic mass is 35.5. The lowest BCUT2D eigenvalue weighted by Crippen LogP contribution is -2.32. The first-order valence-electron chi connectivity index (χ1n) is 7.19. The Kier molecular flexibility index (Phi) is 6.47. The molecule has 25 heavy (non-hydrogen) atoms. The Morgan fingerprint density at radius 3 is 2.48 bits per heavy atom. The van der Waals surface area contributed by atoms with E-state index in [4.69, 9.17) is 16.3 Å². The molecule has 0 atom stereocenters. The summed E-state index contributed by atoms with van der Waals surface area (Å²) in [5.41, 5.74) is 0.314. The van der Waals surface area contributed by atoms with Crippen LogP contribution in [0.1, 0.15) is 10.4 Å². The summed E-state index contributed by atoms with van der Waals surface area (Å²) in [6.45, 7) is -1.00. The summed E-state index contributed by atoms with van der Waals surface area (Å²) >= 11 is 5.60. The van der Waals surface area contributed by atoms with Crippen LogP contribution in [0.4, 0.5) is 10.1 Å². The topological polar surface area (TPSA) is 84.5 Å². The molecule has 0 heterocycles. The van der Waals surface area contributed by atoms with Gasteiger partial charge in [0.05, 0.1) is 5.69 Å². The molecule has 8 heteroatoms. The molecule has 0 aromatic heterocycles. The summed E-state index contributed by atoms with van der Waals surface area (Å²) in [5, 5.41) is 4.80. The summed E-state index contributed by atoms with van der Waals surface area (Å²) in [6, 6.07) is 12.1. The number of carbonyl (C=O) groups is 3. The number of carbonyl (C=O) groups excluding carboxylic acids is 3. The second-order valence-electron chi connectivity index (χ2n) is 4.88. The Morgan fingerprint density at radius 2 is 1.80 bits per heavy atom. The lowest BCUT2D eigenvalue weighted by atomic mass is 10.2. The number of hydrogen-bond donors (Lipinski definition) is 2. The minimum atomic E-state index is -0.795. The van der Waals surface area contributed by atoms with Crippen LogP contribution in [0.5, 0.6) is 0 Å². The third-order valence-electron chi connectivity index (χ3n) is 3.00. The molecule has 130 valence electrons. The molecule has 2 amide bonds. The van der Waals surface area contributed by atoms with Gasteiger partial charge in [-0.25, -0.2) is 4.39 Å².